The number of thiazole rings is 1. The molecule has 1 aromatic heterocycles. The van der Waals surface area contributed by atoms with E-state index < -0.39 is 17.5 Å². The van der Waals surface area contributed by atoms with Gasteiger partial charge in [-0.3, -0.25) is 0 Å². The highest BCUT2D eigenvalue weighted by molar-refractivity contribution is 7.11. The normalized spacial score (nSPS) is 12.8. The Labute approximate surface area is 116 Å². The monoisotopic (exact) mass is 285 g/mol. The van der Waals surface area contributed by atoms with E-state index in [2.05, 4.69) is 15.6 Å². The number of urea groups is 1. The molecule has 3 N–H and O–H groups in total. The number of aryl methyl sites for hydroxylation is 1. The summed E-state index contributed by atoms with van der Waals surface area (Å²) < 4.78 is 0. The maximum Gasteiger partial charge on any atom is 0.328 e. The smallest absolute Gasteiger partial charge is 0.328 e. The van der Waals surface area contributed by atoms with Crippen molar-refractivity contribution in [3.05, 3.63) is 16.1 Å². The van der Waals surface area contributed by atoms with Crippen molar-refractivity contribution in [2.45, 2.75) is 45.7 Å². The molecule has 0 aliphatic carbocycles. The number of hydrogen-bond donors (Lipinski definition) is 3. The van der Waals surface area contributed by atoms with Gasteiger partial charge in [0.25, 0.3) is 0 Å². The van der Waals surface area contributed by atoms with E-state index in [4.69, 9.17) is 5.11 Å². The second-order valence-electron chi connectivity index (χ2n) is 4.77. The molecule has 1 unspecified atom stereocenters. The Balaban J connectivity index is 2.59. The van der Waals surface area contributed by atoms with Crippen molar-refractivity contribution in [2.24, 2.45) is 0 Å². The summed E-state index contributed by atoms with van der Waals surface area (Å²) in [5.41, 5.74) is -1.30. The number of amides is 2. The van der Waals surface area contributed by atoms with E-state index in [-0.39, 0.29) is 6.04 Å². The lowest BCUT2D eigenvalue weighted by atomic mass is 10.1. The van der Waals surface area contributed by atoms with E-state index in [0.717, 1.165) is 16.3 Å². The topological polar surface area (TPSA) is 91.3 Å². The molecular weight excluding hydrogens is 266 g/mol. The Hall–Kier alpha value is -1.63. The van der Waals surface area contributed by atoms with Crippen molar-refractivity contribution < 1.29 is 14.7 Å². The lowest BCUT2D eigenvalue weighted by molar-refractivity contribution is -0.142. The highest BCUT2D eigenvalue weighted by atomic mass is 32.1. The maximum atomic E-state index is 11.7. The number of carboxylic acids is 1. The summed E-state index contributed by atoms with van der Waals surface area (Å²) in [5, 5.41) is 14.8. The van der Waals surface area contributed by atoms with Gasteiger partial charge in [-0.25, -0.2) is 14.6 Å². The van der Waals surface area contributed by atoms with E-state index in [1.807, 2.05) is 13.8 Å². The van der Waals surface area contributed by atoms with Crippen molar-refractivity contribution in [3.8, 4) is 0 Å². The first-order valence-electron chi connectivity index (χ1n) is 6.03. The van der Waals surface area contributed by atoms with Crippen molar-refractivity contribution in [2.75, 3.05) is 0 Å². The van der Waals surface area contributed by atoms with Gasteiger partial charge in [0.15, 0.2) is 0 Å². The molecule has 0 radical (unpaired) electrons. The summed E-state index contributed by atoms with van der Waals surface area (Å²) >= 11 is 1.54. The summed E-state index contributed by atoms with van der Waals surface area (Å²) in [4.78, 5) is 28.0. The molecule has 0 fully saturated rings. The first kappa shape index (κ1) is 15.4. The van der Waals surface area contributed by atoms with Crippen LogP contribution in [0.4, 0.5) is 4.79 Å². The van der Waals surface area contributed by atoms with Gasteiger partial charge in [0.1, 0.15) is 10.5 Å². The van der Waals surface area contributed by atoms with Crippen molar-refractivity contribution in [1.29, 1.82) is 0 Å². The minimum atomic E-state index is -1.30. The third kappa shape index (κ3) is 4.20. The average molecular weight is 285 g/mol. The molecule has 7 heteroatoms. The number of nitrogens with one attached hydrogen (secondary N) is 2. The van der Waals surface area contributed by atoms with E-state index >= 15 is 0 Å². The number of carbonyl (C=O) groups excluding carboxylic acids is 1. The number of carbonyl (C=O) groups is 2. The van der Waals surface area contributed by atoms with Gasteiger partial charge in [0.2, 0.25) is 0 Å². The van der Waals surface area contributed by atoms with Crippen molar-refractivity contribution in [3.63, 3.8) is 0 Å². The molecule has 0 aromatic carbocycles. The van der Waals surface area contributed by atoms with Gasteiger partial charge in [-0.2, -0.15) is 0 Å². The minimum absolute atomic E-state index is 0.255. The number of rotatable bonds is 5. The highest BCUT2D eigenvalue weighted by Crippen LogP contribution is 2.20. The maximum absolute atomic E-state index is 11.7. The largest absolute Gasteiger partial charge is 0.480 e. The second-order valence-corrected chi connectivity index (χ2v) is 5.92. The van der Waals surface area contributed by atoms with Gasteiger partial charge in [-0.15, -0.1) is 11.3 Å². The van der Waals surface area contributed by atoms with Crippen molar-refractivity contribution in [1.82, 2.24) is 15.6 Å². The predicted molar refractivity (Wildman–Crippen MR) is 73.3 cm³/mol. The number of hydrogen-bond acceptors (Lipinski definition) is 4. The fraction of sp³-hybridized carbons (Fsp3) is 0.583. The Morgan fingerprint density at radius 2 is 2.16 bits per heavy atom. The van der Waals surface area contributed by atoms with Crippen LogP contribution in [0.3, 0.4) is 0 Å². The average Bonchev–Trinajstić information content (AvgIpc) is 2.76. The van der Waals surface area contributed by atoms with Crippen LogP contribution in [0.1, 0.15) is 43.6 Å². The van der Waals surface area contributed by atoms with E-state index in [0.29, 0.717) is 0 Å². The SMILES string of the molecule is CCc1cnc(C(C)NC(=O)NC(C)(C)C(=O)O)s1. The van der Waals surface area contributed by atoms with E-state index in [9.17, 15) is 9.59 Å². The Bertz CT molecular complexity index is 471. The molecule has 1 rings (SSSR count). The molecule has 0 aliphatic rings. The van der Waals surface area contributed by atoms with Crippen LogP contribution in [0.25, 0.3) is 0 Å². The van der Waals surface area contributed by atoms with Gasteiger partial charge in [0, 0.05) is 11.1 Å². The summed E-state index contributed by atoms with van der Waals surface area (Å²) in [6, 6.07) is -0.775. The first-order valence-corrected chi connectivity index (χ1v) is 6.84. The van der Waals surface area contributed by atoms with Crippen LogP contribution in [0.15, 0.2) is 6.20 Å². The number of aromatic nitrogens is 1. The highest BCUT2D eigenvalue weighted by Gasteiger charge is 2.29. The summed E-state index contributed by atoms with van der Waals surface area (Å²) in [7, 11) is 0. The van der Waals surface area contributed by atoms with Crippen LogP contribution >= 0.6 is 11.3 Å². The molecule has 19 heavy (non-hydrogen) atoms. The fourth-order valence-corrected chi connectivity index (χ4v) is 2.18. The zero-order valence-electron chi connectivity index (χ0n) is 11.5. The zero-order chi connectivity index (χ0) is 14.6. The van der Waals surface area contributed by atoms with Crippen LogP contribution in [-0.4, -0.2) is 27.6 Å². The molecule has 1 atom stereocenters. The molecule has 0 aliphatic heterocycles. The number of aliphatic carboxylic acids is 1. The van der Waals surface area contributed by atoms with Gasteiger partial charge in [0.05, 0.1) is 6.04 Å². The van der Waals surface area contributed by atoms with E-state index in [1.54, 1.807) is 6.20 Å². The third-order valence-electron chi connectivity index (χ3n) is 2.60. The molecule has 1 heterocycles. The van der Waals surface area contributed by atoms with Crippen LogP contribution in [-0.2, 0) is 11.2 Å². The third-order valence-corrected chi connectivity index (χ3v) is 3.92. The fourth-order valence-electron chi connectivity index (χ4n) is 1.32. The summed E-state index contributed by atoms with van der Waals surface area (Å²) in [6.45, 7) is 6.71. The standard InChI is InChI=1S/C12H19N3O3S/c1-5-8-6-13-9(19-8)7(2)14-11(18)15-12(3,4)10(16)17/h6-7H,5H2,1-4H3,(H,16,17)(H2,14,15,18). The molecule has 0 bridgehead atoms. The molecular formula is C12H19N3O3S. The number of nitrogens with zero attached hydrogens (tertiary/aromatic N) is 1. The van der Waals surface area contributed by atoms with Gasteiger partial charge in [-0.05, 0) is 27.2 Å². The van der Waals surface area contributed by atoms with Crippen LogP contribution in [0.5, 0.6) is 0 Å². The zero-order valence-corrected chi connectivity index (χ0v) is 12.3. The Morgan fingerprint density at radius 1 is 1.53 bits per heavy atom. The van der Waals surface area contributed by atoms with Crippen LogP contribution < -0.4 is 10.6 Å². The lowest BCUT2D eigenvalue weighted by Gasteiger charge is -2.22. The number of carboxylic acid groups (broad SMARTS) is 1. The summed E-state index contributed by atoms with van der Waals surface area (Å²) in [5.74, 6) is -1.09. The molecule has 0 spiro atoms. The first-order chi connectivity index (χ1) is 8.76. The minimum Gasteiger partial charge on any atom is -0.480 e. The van der Waals surface area contributed by atoms with Crippen LogP contribution in [0, 0.1) is 0 Å². The lowest BCUT2D eigenvalue weighted by Crippen LogP contribution is -2.53. The van der Waals surface area contributed by atoms with Crippen LogP contribution in [0.2, 0.25) is 0 Å². The Kier molecular flexibility index (Phi) is 4.88. The molecule has 6 nitrogen and oxygen atoms in total. The molecule has 2 amide bonds. The molecule has 1 aromatic rings. The molecule has 106 valence electrons. The van der Waals surface area contributed by atoms with Crippen molar-refractivity contribution >= 4 is 23.3 Å². The van der Waals surface area contributed by atoms with Gasteiger partial charge >= 0.3 is 12.0 Å². The second kappa shape index (κ2) is 6.01. The predicted octanol–water partition coefficient (Wildman–Crippen LogP) is 1.93. The molecule has 0 saturated carbocycles. The quantitative estimate of drug-likeness (QED) is 0.771. The van der Waals surface area contributed by atoms with Gasteiger partial charge in [-0.1, -0.05) is 6.92 Å². The molecule has 0 saturated heterocycles. The van der Waals surface area contributed by atoms with E-state index in [1.165, 1.54) is 25.2 Å². The van der Waals surface area contributed by atoms with Gasteiger partial charge < -0.3 is 15.7 Å². The summed E-state index contributed by atoms with van der Waals surface area (Å²) in [6.07, 6.45) is 2.69. The Morgan fingerprint density at radius 3 is 2.63 bits per heavy atom.